The van der Waals surface area contributed by atoms with Gasteiger partial charge in [0, 0.05) is 25.1 Å². The quantitative estimate of drug-likeness (QED) is 0.648. The summed E-state index contributed by atoms with van der Waals surface area (Å²) in [5, 5.41) is 0. The summed E-state index contributed by atoms with van der Waals surface area (Å²) < 4.78 is 4.84. The van der Waals surface area contributed by atoms with Gasteiger partial charge in [-0.15, -0.1) is 0 Å². The van der Waals surface area contributed by atoms with Gasteiger partial charge in [-0.3, -0.25) is 0 Å². The van der Waals surface area contributed by atoms with Gasteiger partial charge in [-0.25, -0.2) is 9.97 Å². The maximum absolute atomic E-state index is 4.84. The Hall–Kier alpha value is -1.22. The molecule has 0 radical (unpaired) electrons. The van der Waals surface area contributed by atoms with Crippen LogP contribution in [0, 0.1) is 0 Å². The summed E-state index contributed by atoms with van der Waals surface area (Å²) in [4.78, 5) is 7.72. The topological polar surface area (TPSA) is 35.0 Å². The van der Waals surface area contributed by atoms with Crippen LogP contribution in [-0.2, 0) is 4.74 Å². The lowest BCUT2D eigenvalue weighted by atomic mass is 10.3. The van der Waals surface area contributed by atoms with E-state index in [1.807, 2.05) is 12.2 Å². The van der Waals surface area contributed by atoms with E-state index in [4.69, 9.17) is 4.74 Å². The van der Waals surface area contributed by atoms with Crippen molar-refractivity contribution >= 4 is 6.08 Å². The summed E-state index contributed by atoms with van der Waals surface area (Å²) in [6.07, 6.45) is 8.84. The van der Waals surface area contributed by atoms with Crippen LogP contribution in [0.4, 0.5) is 0 Å². The maximum Gasteiger partial charge on any atom is 0.115 e. The van der Waals surface area contributed by atoms with Crippen LogP contribution in [0.25, 0.3) is 6.08 Å². The molecule has 0 bridgehead atoms. The molecule has 58 valence electrons. The molecule has 0 aromatic carbocycles. The Kier molecular flexibility index (Phi) is 3.28. The molecule has 11 heavy (non-hydrogen) atoms. The van der Waals surface area contributed by atoms with E-state index in [2.05, 4.69) is 9.97 Å². The lowest BCUT2D eigenvalue weighted by Gasteiger charge is -1.89. The van der Waals surface area contributed by atoms with Crippen molar-refractivity contribution in [3.63, 3.8) is 0 Å². The van der Waals surface area contributed by atoms with Crippen molar-refractivity contribution in [2.75, 3.05) is 13.7 Å². The third kappa shape index (κ3) is 2.91. The first kappa shape index (κ1) is 7.88. The molecule has 0 aliphatic heterocycles. The van der Waals surface area contributed by atoms with Crippen LogP contribution < -0.4 is 0 Å². The van der Waals surface area contributed by atoms with Gasteiger partial charge in [-0.1, -0.05) is 12.2 Å². The number of methoxy groups -OCH3 is 1. The fraction of sp³-hybridized carbons (Fsp3) is 0.250. The Balaban J connectivity index is 2.50. The van der Waals surface area contributed by atoms with Gasteiger partial charge in [-0.05, 0) is 0 Å². The van der Waals surface area contributed by atoms with Gasteiger partial charge in [0.25, 0.3) is 0 Å². The molecule has 0 aliphatic carbocycles. The summed E-state index contributed by atoms with van der Waals surface area (Å²) in [6.45, 7) is 0.620. The van der Waals surface area contributed by atoms with E-state index in [-0.39, 0.29) is 0 Å². The van der Waals surface area contributed by atoms with Crippen molar-refractivity contribution in [1.29, 1.82) is 0 Å². The van der Waals surface area contributed by atoms with Crippen molar-refractivity contribution in [3.05, 3.63) is 30.4 Å². The van der Waals surface area contributed by atoms with Crippen molar-refractivity contribution in [2.24, 2.45) is 0 Å². The summed E-state index contributed by atoms with van der Waals surface area (Å²) in [6, 6.07) is 0. The predicted octanol–water partition coefficient (Wildman–Crippen LogP) is 1.14. The van der Waals surface area contributed by atoms with E-state index in [9.17, 15) is 0 Å². The zero-order chi connectivity index (χ0) is 7.94. The minimum absolute atomic E-state index is 0.620. The molecule has 0 unspecified atom stereocenters. The Labute approximate surface area is 65.8 Å². The molecule has 1 aromatic rings. The number of hydrogen-bond acceptors (Lipinski definition) is 3. The maximum atomic E-state index is 4.84. The van der Waals surface area contributed by atoms with Gasteiger partial charge in [-0.2, -0.15) is 0 Å². The van der Waals surface area contributed by atoms with Gasteiger partial charge in [0.2, 0.25) is 0 Å². The number of nitrogens with zero attached hydrogens (tertiary/aromatic N) is 2. The van der Waals surface area contributed by atoms with Gasteiger partial charge in [0.05, 0.1) is 6.61 Å². The second-order valence-corrected chi connectivity index (χ2v) is 2.03. The molecule has 0 amide bonds. The van der Waals surface area contributed by atoms with Crippen molar-refractivity contribution in [3.8, 4) is 0 Å². The van der Waals surface area contributed by atoms with Crippen LogP contribution in [0.15, 0.2) is 24.8 Å². The third-order valence-corrected chi connectivity index (χ3v) is 1.15. The molecule has 3 nitrogen and oxygen atoms in total. The normalized spacial score (nSPS) is 10.6. The zero-order valence-corrected chi connectivity index (χ0v) is 6.40. The molecular formula is C8H10N2O. The van der Waals surface area contributed by atoms with E-state index < -0.39 is 0 Å². The van der Waals surface area contributed by atoms with E-state index in [1.54, 1.807) is 19.5 Å². The molecule has 0 aliphatic rings. The highest BCUT2D eigenvalue weighted by Crippen LogP contribution is 1.95. The predicted molar refractivity (Wildman–Crippen MR) is 42.9 cm³/mol. The monoisotopic (exact) mass is 150 g/mol. The van der Waals surface area contributed by atoms with Crippen LogP contribution in [0.3, 0.4) is 0 Å². The first-order chi connectivity index (χ1) is 5.43. The zero-order valence-electron chi connectivity index (χ0n) is 6.40. The van der Waals surface area contributed by atoms with Crippen molar-refractivity contribution < 1.29 is 4.74 Å². The summed E-state index contributed by atoms with van der Waals surface area (Å²) in [5.41, 5.74) is 0.990. The molecule has 0 fully saturated rings. The van der Waals surface area contributed by atoms with Gasteiger partial charge in [0.15, 0.2) is 0 Å². The second-order valence-electron chi connectivity index (χ2n) is 2.03. The van der Waals surface area contributed by atoms with E-state index >= 15 is 0 Å². The summed E-state index contributed by atoms with van der Waals surface area (Å²) in [5.74, 6) is 0. The fourth-order valence-corrected chi connectivity index (χ4v) is 0.677. The molecule has 0 spiro atoms. The second kappa shape index (κ2) is 4.57. The first-order valence-corrected chi connectivity index (χ1v) is 3.34. The molecule has 0 saturated carbocycles. The summed E-state index contributed by atoms with van der Waals surface area (Å²) >= 11 is 0. The van der Waals surface area contributed by atoms with Crippen LogP contribution in [0.5, 0.6) is 0 Å². The lowest BCUT2D eigenvalue weighted by Crippen LogP contribution is -1.82. The lowest BCUT2D eigenvalue weighted by molar-refractivity contribution is 0.234. The van der Waals surface area contributed by atoms with E-state index in [0.717, 1.165) is 5.56 Å². The van der Waals surface area contributed by atoms with Gasteiger partial charge in [0.1, 0.15) is 6.33 Å². The van der Waals surface area contributed by atoms with Crippen molar-refractivity contribution in [1.82, 2.24) is 9.97 Å². The number of hydrogen-bond donors (Lipinski definition) is 0. The third-order valence-electron chi connectivity index (χ3n) is 1.15. The molecule has 3 heteroatoms. The smallest absolute Gasteiger partial charge is 0.115 e. The highest BCUT2D eigenvalue weighted by atomic mass is 16.5. The minimum Gasteiger partial charge on any atom is -0.381 e. The Bertz CT molecular complexity index is 221. The first-order valence-electron chi connectivity index (χ1n) is 3.34. The van der Waals surface area contributed by atoms with Gasteiger partial charge < -0.3 is 4.74 Å². The van der Waals surface area contributed by atoms with E-state index in [1.165, 1.54) is 6.33 Å². The van der Waals surface area contributed by atoms with Crippen LogP contribution in [0.2, 0.25) is 0 Å². The molecule has 1 rings (SSSR count). The molecule has 1 aromatic heterocycles. The molecule has 0 atom stereocenters. The summed E-state index contributed by atoms with van der Waals surface area (Å²) in [7, 11) is 1.66. The highest BCUT2D eigenvalue weighted by molar-refractivity contribution is 5.45. The Morgan fingerprint density at radius 3 is 2.82 bits per heavy atom. The standard InChI is InChI=1S/C8H10N2O/c1-11-4-2-3-8-5-9-7-10-6-8/h2-3,5-7H,4H2,1H3/b3-2+. The molecule has 0 N–H and O–H groups in total. The largest absolute Gasteiger partial charge is 0.381 e. The van der Waals surface area contributed by atoms with Gasteiger partial charge >= 0.3 is 0 Å². The Morgan fingerprint density at radius 2 is 2.18 bits per heavy atom. The number of ether oxygens (including phenoxy) is 1. The molecule has 1 heterocycles. The fourth-order valence-electron chi connectivity index (χ4n) is 0.677. The molecular weight excluding hydrogens is 140 g/mol. The SMILES string of the molecule is COC/C=C/c1cncnc1. The van der Waals surface area contributed by atoms with Crippen LogP contribution in [0.1, 0.15) is 5.56 Å². The minimum atomic E-state index is 0.620. The highest BCUT2D eigenvalue weighted by Gasteiger charge is 1.82. The molecule has 0 saturated heterocycles. The van der Waals surface area contributed by atoms with E-state index in [0.29, 0.717) is 6.61 Å². The number of aromatic nitrogens is 2. The average molecular weight is 150 g/mol. The number of rotatable bonds is 3. The van der Waals surface area contributed by atoms with Crippen molar-refractivity contribution in [2.45, 2.75) is 0 Å². The Morgan fingerprint density at radius 1 is 1.45 bits per heavy atom. The van der Waals surface area contributed by atoms with Crippen LogP contribution in [-0.4, -0.2) is 23.7 Å². The average Bonchev–Trinajstić information content (AvgIpc) is 2.07. The van der Waals surface area contributed by atoms with Crippen LogP contribution >= 0.6 is 0 Å².